The average molecular weight is 414 g/mol. The van der Waals surface area contributed by atoms with Gasteiger partial charge in [-0.3, -0.25) is 9.52 Å². The molecule has 150 valence electrons. The van der Waals surface area contributed by atoms with Crippen LogP contribution in [0.2, 0.25) is 0 Å². The van der Waals surface area contributed by atoms with Gasteiger partial charge in [0.15, 0.2) is 0 Å². The van der Waals surface area contributed by atoms with E-state index in [1.54, 1.807) is 37.3 Å². The molecule has 0 saturated heterocycles. The number of carbonyl (C=O) groups is 1. The first kappa shape index (κ1) is 20.3. The Morgan fingerprint density at radius 2 is 1.69 bits per heavy atom. The number of hydrogen-bond acceptors (Lipinski definition) is 4. The summed E-state index contributed by atoms with van der Waals surface area (Å²) in [5.74, 6) is -1.12. The quantitative estimate of drug-likeness (QED) is 0.604. The number of ether oxygens (including phenoxy) is 1. The van der Waals surface area contributed by atoms with Crippen LogP contribution in [0.3, 0.4) is 0 Å². The van der Waals surface area contributed by atoms with E-state index in [1.165, 1.54) is 42.5 Å². The van der Waals surface area contributed by atoms with Gasteiger partial charge < -0.3 is 10.1 Å². The molecule has 0 saturated carbocycles. The minimum Gasteiger partial charge on any atom is -0.492 e. The van der Waals surface area contributed by atoms with Crippen molar-refractivity contribution in [3.8, 4) is 5.75 Å². The number of carbonyl (C=O) groups excluding carboxylic acids is 1. The van der Waals surface area contributed by atoms with Crippen LogP contribution in [-0.2, 0) is 10.0 Å². The smallest absolute Gasteiger partial charge is 0.261 e. The normalized spacial score (nSPS) is 11.0. The molecule has 1 amide bonds. The largest absolute Gasteiger partial charge is 0.492 e. The number of para-hydroxylation sites is 1. The van der Waals surface area contributed by atoms with Crippen LogP contribution in [0.5, 0.6) is 5.75 Å². The van der Waals surface area contributed by atoms with Gasteiger partial charge >= 0.3 is 0 Å². The average Bonchev–Trinajstić information content (AvgIpc) is 2.70. The maximum atomic E-state index is 13.9. The van der Waals surface area contributed by atoms with E-state index in [0.29, 0.717) is 12.3 Å². The monoisotopic (exact) mass is 414 g/mol. The molecule has 0 atom stereocenters. The zero-order chi connectivity index (χ0) is 20.9. The Bertz CT molecular complexity index is 1120. The van der Waals surface area contributed by atoms with Crippen molar-refractivity contribution in [3.63, 3.8) is 0 Å². The first-order valence-corrected chi connectivity index (χ1v) is 10.3. The Hall–Kier alpha value is -3.39. The van der Waals surface area contributed by atoms with Gasteiger partial charge in [0.2, 0.25) is 0 Å². The third-order valence-electron chi connectivity index (χ3n) is 3.95. The molecule has 3 rings (SSSR count). The number of hydrogen-bond donors (Lipinski definition) is 2. The molecule has 0 aromatic heterocycles. The lowest BCUT2D eigenvalue weighted by atomic mass is 10.2. The van der Waals surface area contributed by atoms with Crippen molar-refractivity contribution in [1.29, 1.82) is 0 Å². The molecule has 0 radical (unpaired) electrons. The summed E-state index contributed by atoms with van der Waals surface area (Å²) in [6.07, 6.45) is 0. The minimum absolute atomic E-state index is 0.0753. The fraction of sp³-hybridized carbons (Fsp3) is 0.0952. The van der Waals surface area contributed by atoms with Gasteiger partial charge in [0.25, 0.3) is 15.9 Å². The van der Waals surface area contributed by atoms with Crippen molar-refractivity contribution in [2.24, 2.45) is 0 Å². The third-order valence-corrected chi connectivity index (χ3v) is 5.33. The lowest BCUT2D eigenvalue weighted by Gasteiger charge is -2.14. The molecule has 0 fully saturated rings. The second-order valence-corrected chi connectivity index (χ2v) is 7.68. The second-order valence-electron chi connectivity index (χ2n) is 6.00. The predicted octanol–water partition coefficient (Wildman–Crippen LogP) is 4.28. The summed E-state index contributed by atoms with van der Waals surface area (Å²) in [5.41, 5.74) is 0.361. The van der Waals surface area contributed by atoms with E-state index in [1.807, 2.05) is 0 Å². The Kier molecular flexibility index (Phi) is 6.13. The number of benzene rings is 3. The van der Waals surface area contributed by atoms with E-state index in [9.17, 15) is 17.6 Å². The Labute approximate surface area is 168 Å². The van der Waals surface area contributed by atoms with Crippen molar-refractivity contribution in [2.45, 2.75) is 11.8 Å². The fourth-order valence-corrected chi connectivity index (χ4v) is 3.70. The first-order valence-electron chi connectivity index (χ1n) is 8.81. The van der Waals surface area contributed by atoms with Gasteiger partial charge in [0.1, 0.15) is 11.6 Å². The van der Waals surface area contributed by atoms with Crippen LogP contribution in [0.4, 0.5) is 15.8 Å². The standard InChI is InChI=1S/C21H19FN2O4S/c1-2-28-20-13-12-16(29(26,27)24-15-8-4-3-5-9-15)14-19(20)23-21(25)17-10-6-7-11-18(17)22/h3-14,24H,2H2,1H3,(H,23,25). The van der Waals surface area contributed by atoms with E-state index in [0.717, 1.165) is 0 Å². The van der Waals surface area contributed by atoms with Crippen molar-refractivity contribution in [2.75, 3.05) is 16.6 Å². The van der Waals surface area contributed by atoms with Crippen LogP contribution in [0.15, 0.2) is 77.7 Å². The highest BCUT2D eigenvalue weighted by atomic mass is 32.2. The van der Waals surface area contributed by atoms with Gasteiger partial charge in [0, 0.05) is 5.69 Å². The van der Waals surface area contributed by atoms with Gasteiger partial charge in [-0.05, 0) is 49.4 Å². The van der Waals surface area contributed by atoms with Crippen molar-refractivity contribution < 1.29 is 22.3 Å². The highest BCUT2D eigenvalue weighted by molar-refractivity contribution is 7.92. The summed E-state index contributed by atoms with van der Waals surface area (Å²) >= 11 is 0. The highest BCUT2D eigenvalue weighted by Crippen LogP contribution is 2.29. The van der Waals surface area contributed by atoms with Crippen LogP contribution in [0.25, 0.3) is 0 Å². The lowest BCUT2D eigenvalue weighted by molar-refractivity contribution is 0.102. The minimum atomic E-state index is -3.91. The van der Waals surface area contributed by atoms with Gasteiger partial charge in [-0.25, -0.2) is 12.8 Å². The molecule has 2 N–H and O–H groups in total. The van der Waals surface area contributed by atoms with Crippen molar-refractivity contribution >= 4 is 27.3 Å². The lowest BCUT2D eigenvalue weighted by Crippen LogP contribution is -2.17. The first-order chi connectivity index (χ1) is 13.9. The summed E-state index contributed by atoms with van der Waals surface area (Å²) in [6.45, 7) is 2.06. The van der Waals surface area contributed by atoms with E-state index in [2.05, 4.69) is 10.0 Å². The Morgan fingerprint density at radius 3 is 2.38 bits per heavy atom. The summed E-state index contributed by atoms with van der Waals surface area (Å²) in [6, 6.07) is 18.0. The van der Waals surface area contributed by atoms with Gasteiger partial charge in [-0.1, -0.05) is 30.3 Å². The summed E-state index contributed by atoms with van der Waals surface area (Å²) in [4.78, 5) is 12.4. The molecule has 0 unspecified atom stereocenters. The molecule has 0 spiro atoms. The molecular formula is C21H19FN2O4S. The van der Waals surface area contributed by atoms with Gasteiger partial charge in [0.05, 0.1) is 22.8 Å². The van der Waals surface area contributed by atoms with E-state index >= 15 is 0 Å². The SMILES string of the molecule is CCOc1ccc(S(=O)(=O)Nc2ccccc2)cc1NC(=O)c1ccccc1F. The Balaban J connectivity index is 1.93. The van der Waals surface area contributed by atoms with E-state index in [-0.39, 0.29) is 21.9 Å². The maximum absolute atomic E-state index is 13.9. The second kappa shape index (κ2) is 8.74. The topological polar surface area (TPSA) is 84.5 Å². The number of nitrogens with one attached hydrogen (secondary N) is 2. The van der Waals surface area contributed by atoms with Crippen LogP contribution >= 0.6 is 0 Å². The number of rotatable bonds is 7. The van der Waals surface area contributed by atoms with Crippen LogP contribution < -0.4 is 14.8 Å². The molecule has 0 bridgehead atoms. The zero-order valence-corrected chi connectivity index (χ0v) is 16.4. The summed E-state index contributed by atoms with van der Waals surface area (Å²) in [7, 11) is -3.91. The molecule has 0 aliphatic heterocycles. The third kappa shape index (κ3) is 4.91. The number of amides is 1. The van der Waals surface area contributed by atoms with Gasteiger partial charge in [-0.2, -0.15) is 0 Å². The summed E-state index contributed by atoms with van der Waals surface area (Å²) < 4.78 is 47.3. The maximum Gasteiger partial charge on any atom is 0.261 e. The van der Waals surface area contributed by atoms with Crippen LogP contribution in [-0.4, -0.2) is 20.9 Å². The predicted molar refractivity (Wildman–Crippen MR) is 109 cm³/mol. The van der Waals surface area contributed by atoms with Gasteiger partial charge in [-0.15, -0.1) is 0 Å². The number of sulfonamides is 1. The fourth-order valence-electron chi connectivity index (χ4n) is 2.61. The molecular weight excluding hydrogens is 395 g/mol. The Morgan fingerprint density at radius 1 is 1.00 bits per heavy atom. The molecule has 3 aromatic carbocycles. The van der Waals surface area contributed by atoms with Crippen LogP contribution in [0.1, 0.15) is 17.3 Å². The zero-order valence-electron chi connectivity index (χ0n) is 15.6. The molecule has 6 nitrogen and oxygen atoms in total. The molecule has 0 heterocycles. The molecule has 29 heavy (non-hydrogen) atoms. The number of anilines is 2. The van der Waals surface area contributed by atoms with E-state index in [4.69, 9.17) is 4.74 Å². The molecule has 8 heteroatoms. The summed E-state index contributed by atoms with van der Waals surface area (Å²) in [5, 5.41) is 2.53. The van der Waals surface area contributed by atoms with Crippen molar-refractivity contribution in [1.82, 2.24) is 0 Å². The molecule has 0 aliphatic rings. The van der Waals surface area contributed by atoms with Crippen LogP contribution in [0, 0.1) is 5.82 Å². The molecule has 0 aliphatic carbocycles. The molecule has 3 aromatic rings. The highest BCUT2D eigenvalue weighted by Gasteiger charge is 2.19. The van der Waals surface area contributed by atoms with Crippen molar-refractivity contribution in [3.05, 3.63) is 84.2 Å². The number of halogens is 1. The van der Waals surface area contributed by atoms with E-state index < -0.39 is 21.7 Å².